The van der Waals surface area contributed by atoms with Gasteiger partial charge in [-0.15, -0.1) is 0 Å². The Morgan fingerprint density at radius 2 is 1.68 bits per heavy atom. The van der Waals surface area contributed by atoms with Crippen LogP contribution in [-0.4, -0.2) is 43.4 Å². The highest BCUT2D eigenvalue weighted by Crippen LogP contribution is 2.40. The number of carboxylic acids is 1. The second kappa shape index (κ2) is 5.76. The zero-order valence-corrected chi connectivity index (χ0v) is 11.9. The van der Waals surface area contributed by atoms with Gasteiger partial charge >= 0.3 is 5.97 Å². The summed E-state index contributed by atoms with van der Waals surface area (Å²) < 4.78 is 28.3. The van der Waals surface area contributed by atoms with Crippen molar-refractivity contribution < 1.29 is 18.3 Å². The fourth-order valence-corrected chi connectivity index (χ4v) is 4.05. The van der Waals surface area contributed by atoms with E-state index in [2.05, 4.69) is 4.72 Å². The van der Waals surface area contributed by atoms with Crippen LogP contribution in [0, 0.1) is 5.41 Å². The van der Waals surface area contributed by atoms with Crippen molar-refractivity contribution in [2.45, 2.75) is 44.9 Å². The van der Waals surface area contributed by atoms with Gasteiger partial charge in [0.2, 0.25) is 0 Å². The minimum Gasteiger partial charge on any atom is -0.481 e. The highest BCUT2D eigenvalue weighted by Gasteiger charge is 2.45. The number of hydrogen-bond acceptors (Lipinski definition) is 3. The fraction of sp³-hybridized carbons (Fsp3) is 0.917. The van der Waals surface area contributed by atoms with E-state index in [1.807, 2.05) is 0 Å². The van der Waals surface area contributed by atoms with Crippen LogP contribution in [0.1, 0.15) is 44.9 Å². The van der Waals surface area contributed by atoms with E-state index < -0.39 is 21.6 Å². The van der Waals surface area contributed by atoms with Crippen molar-refractivity contribution in [3.8, 4) is 0 Å². The predicted molar refractivity (Wildman–Crippen MR) is 70.9 cm³/mol. The van der Waals surface area contributed by atoms with Crippen LogP contribution in [0.2, 0.25) is 0 Å². The molecule has 0 unspecified atom stereocenters. The lowest BCUT2D eigenvalue weighted by molar-refractivity contribution is -0.153. The molecule has 2 rings (SSSR count). The van der Waals surface area contributed by atoms with Crippen molar-refractivity contribution in [3.63, 3.8) is 0 Å². The van der Waals surface area contributed by atoms with Gasteiger partial charge in [-0.3, -0.25) is 4.79 Å². The largest absolute Gasteiger partial charge is 0.481 e. The van der Waals surface area contributed by atoms with E-state index in [0.29, 0.717) is 25.9 Å². The molecule has 1 saturated carbocycles. The SMILES string of the molecule is O=C(O)C1(CNS(=O)(=O)N2CCCCCC2)CCC1. The van der Waals surface area contributed by atoms with E-state index in [1.165, 1.54) is 4.31 Å². The Morgan fingerprint density at radius 1 is 1.11 bits per heavy atom. The van der Waals surface area contributed by atoms with E-state index >= 15 is 0 Å². The number of carbonyl (C=O) groups is 1. The normalized spacial score (nSPS) is 24.4. The number of carboxylic acid groups (broad SMARTS) is 1. The van der Waals surface area contributed by atoms with Gasteiger partial charge in [-0.05, 0) is 25.7 Å². The van der Waals surface area contributed by atoms with Crippen LogP contribution < -0.4 is 4.72 Å². The highest BCUT2D eigenvalue weighted by molar-refractivity contribution is 7.87. The van der Waals surface area contributed by atoms with Crippen molar-refractivity contribution in [2.24, 2.45) is 5.41 Å². The Hall–Kier alpha value is -0.660. The molecule has 2 N–H and O–H groups in total. The van der Waals surface area contributed by atoms with Crippen LogP contribution in [0.25, 0.3) is 0 Å². The van der Waals surface area contributed by atoms with E-state index in [-0.39, 0.29) is 6.54 Å². The topological polar surface area (TPSA) is 86.7 Å². The maximum Gasteiger partial charge on any atom is 0.310 e. The molecule has 110 valence electrons. The van der Waals surface area contributed by atoms with Gasteiger partial charge in [-0.25, -0.2) is 4.72 Å². The molecule has 2 fully saturated rings. The molecule has 6 nitrogen and oxygen atoms in total. The van der Waals surface area contributed by atoms with Crippen LogP contribution >= 0.6 is 0 Å². The lowest BCUT2D eigenvalue weighted by Gasteiger charge is -2.38. The first-order valence-corrected chi connectivity index (χ1v) is 8.38. The number of aliphatic carboxylic acids is 1. The van der Waals surface area contributed by atoms with Crippen molar-refractivity contribution in [1.29, 1.82) is 0 Å². The Kier molecular flexibility index (Phi) is 4.47. The maximum absolute atomic E-state index is 12.2. The summed E-state index contributed by atoms with van der Waals surface area (Å²) in [5.74, 6) is -0.891. The van der Waals surface area contributed by atoms with Gasteiger partial charge in [0, 0.05) is 19.6 Å². The molecule has 0 aromatic rings. The zero-order chi connectivity index (χ0) is 13.9. The van der Waals surface area contributed by atoms with Crippen LogP contribution in [0.15, 0.2) is 0 Å². The molecule has 0 atom stereocenters. The molecule has 1 aliphatic carbocycles. The van der Waals surface area contributed by atoms with Gasteiger partial charge in [0.15, 0.2) is 0 Å². The standard InChI is InChI=1S/C12H22N2O4S/c15-11(16)12(6-5-7-12)10-13-19(17,18)14-8-3-1-2-4-9-14/h13H,1-10H2,(H,15,16). The van der Waals surface area contributed by atoms with E-state index in [9.17, 15) is 18.3 Å². The molecule has 0 radical (unpaired) electrons. The Balaban J connectivity index is 1.95. The van der Waals surface area contributed by atoms with Crippen molar-refractivity contribution in [3.05, 3.63) is 0 Å². The monoisotopic (exact) mass is 290 g/mol. The summed E-state index contributed by atoms with van der Waals surface area (Å²) >= 11 is 0. The number of rotatable bonds is 5. The summed E-state index contributed by atoms with van der Waals surface area (Å²) in [5, 5.41) is 9.19. The summed E-state index contributed by atoms with van der Waals surface area (Å²) in [4.78, 5) is 11.2. The van der Waals surface area contributed by atoms with Crippen molar-refractivity contribution >= 4 is 16.2 Å². The smallest absolute Gasteiger partial charge is 0.310 e. The number of hydrogen-bond donors (Lipinski definition) is 2. The van der Waals surface area contributed by atoms with E-state index in [1.54, 1.807) is 0 Å². The molecule has 0 aromatic heterocycles. The average molecular weight is 290 g/mol. The van der Waals surface area contributed by atoms with Crippen molar-refractivity contribution in [2.75, 3.05) is 19.6 Å². The minimum absolute atomic E-state index is 0.0150. The molecule has 1 saturated heterocycles. The van der Waals surface area contributed by atoms with Gasteiger partial charge in [0.05, 0.1) is 5.41 Å². The molecule has 1 heterocycles. The summed E-state index contributed by atoms with van der Waals surface area (Å²) in [7, 11) is -3.53. The summed E-state index contributed by atoms with van der Waals surface area (Å²) in [6, 6.07) is 0. The second-order valence-electron chi connectivity index (χ2n) is 5.58. The molecule has 1 aliphatic heterocycles. The summed E-state index contributed by atoms with van der Waals surface area (Å²) in [6.07, 6.45) is 5.86. The molecule has 2 aliphatic rings. The molecular weight excluding hydrogens is 268 g/mol. The molecule has 0 spiro atoms. The third-order valence-corrected chi connectivity index (χ3v) is 5.82. The summed E-state index contributed by atoms with van der Waals surface area (Å²) in [6.45, 7) is 1.09. The van der Waals surface area contributed by atoms with Crippen LogP contribution in [0.4, 0.5) is 0 Å². The molecule has 19 heavy (non-hydrogen) atoms. The van der Waals surface area contributed by atoms with Crippen LogP contribution in [0.5, 0.6) is 0 Å². The zero-order valence-electron chi connectivity index (χ0n) is 11.1. The van der Waals surface area contributed by atoms with E-state index in [0.717, 1.165) is 32.1 Å². The Morgan fingerprint density at radius 3 is 2.11 bits per heavy atom. The highest BCUT2D eigenvalue weighted by atomic mass is 32.2. The maximum atomic E-state index is 12.2. The lowest BCUT2D eigenvalue weighted by atomic mass is 9.69. The van der Waals surface area contributed by atoms with Crippen molar-refractivity contribution in [1.82, 2.24) is 9.03 Å². The second-order valence-corrected chi connectivity index (χ2v) is 7.33. The predicted octanol–water partition coefficient (Wildman–Crippen LogP) is 0.952. The van der Waals surface area contributed by atoms with E-state index in [4.69, 9.17) is 0 Å². The quantitative estimate of drug-likeness (QED) is 0.789. The minimum atomic E-state index is -3.53. The van der Waals surface area contributed by atoms with Gasteiger partial charge in [-0.2, -0.15) is 12.7 Å². The number of nitrogens with one attached hydrogen (secondary N) is 1. The third kappa shape index (κ3) is 3.27. The first-order valence-electron chi connectivity index (χ1n) is 6.94. The van der Waals surface area contributed by atoms with Gasteiger partial charge in [0.25, 0.3) is 10.2 Å². The first kappa shape index (κ1) is 14.7. The Labute approximate surface area is 114 Å². The molecule has 0 bridgehead atoms. The van der Waals surface area contributed by atoms with Gasteiger partial charge in [0.1, 0.15) is 0 Å². The average Bonchev–Trinajstić information content (AvgIpc) is 2.55. The lowest BCUT2D eigenvalue weighted by Crippen LogP contribution is -2.51. The first-order chi connectivity index (χ1) is 8.96. The summed E-state index contributed by atoms with van der Waals surface area (Å²) in [5.41, 5.74) is -0.876. The van der Waals surface area contributed by atoms with Crippen LogP contribution in [-0.2, 0) is 15.0 Å². The molecular formula is C12H22N2O4S. The fourth-order valence-electron chi connectivity index (χ4n) is 2.67. The molecule has 0 amide bonds. The molecule has 7 heteroatoms. The van der Waals surface area contributed by atoms with Crippen LogP contribution in [0.3, 0.4) is 0 Å². The third-order valence-electron chi connectivity index (χ3n) is 4.26. The molecule has 0 aromatic carbocycles. The van der Waals surface area contributed by atoms with Gasteiger partial charge in [-0.1, -0.05) is 19.3 Å². The van der Waals surface area contributed by atoms with Gasteiger partial charge < -0.3 is 5.11 Å². The number of nitrogens with zero attached hydrogens (tertiary/aromatic N) is 1. The Bertz CT molecular complexity index is 423.